The highest BCUT2D eigenvalue weighted by Gasteiger charge is 2.58. The van der Waals surface area contributed by atoms with Gasteiger partial charge in [-0.25, -0.2) is 0 Å². The van der Waals surface area contributed by atoms with E-state index in [1.807, 2.05) is 10.9 Å². The first-order valence-electron chi connectivity index (χ1n) is 14.0. The van der Waals surface area contributed by atoms with Crippen molar-refractivity contribution in [1.29, 1.82) is 5.26 Å². The van der Waals surface area contributed by atoms with E-state index < -0.39 is 0 Å². The summed E-state index contributed by atoms with van der Waals surface area (Å²) in [5.41, 5.74) is 0.816. The summed E-state index contributed by atoms with van der Waals surface area (Å²) in [6.45, 7) is 6.00. The molecule has 0 aliphatic heterocycles. The second kappa shape index (κ2) is 8.11. The lowest BCUT2D eigenvalue weighted by Gasteiger charge is -2.57. The smallest absolute Gasteiger partial charge is 0.102 e. The summed E-state index contributed by atoms with van der Waals surface area (Å²) in [7, 11) is 0. The van der Waals surface area contributed by atoms with Crippen LogP contribution in [0.1, 0.15) is 96.5 Å². The molecule has 0 bridgehead atoms. The molecule has 0 unspecified atom stereocenters. The van der Waals surface area contributed by atoms with Crippen LogP contribution in [0.2, 0.25) is 0 Å². The molecule has 0 saturated heterocycles. The molecule has 0 radical (unpaired) electrons. The van der Waals surface area contributed by atoms with Crippen molar-refractivity contribution in [2.45, 2.75) is 103 Å². The maximum atomic E-state index is 11.3. The summed E-state index contributed by atoms with van der Waals surface area (Å²) in [5.74, 6) is 6.62. The fourth-order valence-corrected chi connectivity index (χ4v) is 9.93. The Morgan fingerprint density at radius 3 is 2.67 bits per heavy atom. The van der Waals surface area contributed by atoms with Crippen molar-refractivity contribution in [2.24, 2.45) is 52.8 Å². The van der Waals surface area contributed by atoms with E-state index in [1.165, 1.54) is 57.8 Å². The van der Waals surface area contributed by atoms with Crippen LogP contribution in [0.4, 0.5) is 0 Å². The predicted octanol–water partition coefficient (Wildman–Crippen LogP) is 6.19. The molecule has 0 amide bonds. The van der Waals surface area contributed by atoms with Crippen LogP contribution >= 0.6 is 0 Å². The van der Waals surface area contributed by atoms with Gasteiger partial charge in [0.2, 0.25) is 0 Å². The summed E-state index contributed by atoms with van der Waals surface area (Å²) in [4.78, 5) is 0. The summed E-state index contributed by atoms with van der Waals surface area (Å²) >= 11 is 0. The summed E-state index contributed by atoms with van der Waals surface area (Å²) in [6.07, 6.45) is 19.3. The third-order valence-electron chi connectivity index (χ3n) is 11.5. The first kappa shape index (κ1) is 22.1. The summed E-state index contributed by atoms with van der Waals surface area (Å²) in [5, 5.41) is 24.9. The van der Waals surface area contributed by atoms with Gasteiger partial charge in [0.15, 0.2) is 0 Å². The normalized spacial score (nSPS) is 45.5. The molecule has 9 atom stereocenters. The van der Waals surface area contributed by atoms with Crippen LogP contribution in [0.5, 0.6) is 0 Å². The van der Waals surface area contributed by atoms with Crippen LogP contribution in [0, 0.1) is 64.1 Å². The zero-order valence-electron chi connectivity index (χ0n) is 20.8. The highest BCUT2D eigenvalue weighted by atomic mass is 16.3. The van der Waals surface area contributed by atoms with Crippen molar-refractivity contribution in [2.75, 3.05) is 0 Å². The second-order valence-corrected chi connectivity index (χ2v) is 13.3. The Hall–Kier alpha value is -1.34. The van der Waals surface area contributed by atoms with Gasteiger partial charge in [0.05, 0.1) is 17.4 Å². The van der Waals surface area contributed by atoms with Gasteiger partial charge < -0.3 is 5.11 Å². The molecule has 180 valence electrons. The van der Waals surface area contributed by atoms with Crippen molar-refractivity contribution in [3.63, 3.8) is 0 Å². The Labute approximate surface area is 200 Å². The average molecular weight is 450 g/mol. The fourth-order valence-electron chi connectivity index (χ4n) is 9.93. The fraction of sp³-hybridized carbons (Fsp3) is 0.862. The second-order valence-electron chi connectivity index (χ2n) is 13.3. The van der Waals surface area contributed by atoms with Gasteiger partial charge in [0.1, 0.15) is 6.07 Å². The van der Waals surface area contributed by atoms with Crippen LogP contribution in [-0.4, -0.2) is 20.5 Å². The van der Waals surface area contributed by atoms with Gasteiger partial charge in [-0.05, 0) is 117 Å². The van der Waals surface area contributed by atoms with Gasteiger partial charge in [-0.1, -0.05) is 26.7 Å². The molecule has 1 aromatic heterocycles. The van der Waals surface area contributed by atoms with Crippen molar-refractivity contribution >= 4 is 0 Å². The third-order valence-corrected chi connectivity index (χ3v) is 11.5. The standard InChI is InChI=1S/C29H43N3O/c1-19(17-32-18-21(15-30)16-31-32)26-7-8-27-25-6-5-22-14-29(33,13-20-3-4-20)12-10-23(22)24(25)9-11-28(26,27)2/h16,18-20,22-27,33H,3-14,17H2,1-2H3/t19-,22+,23-,24+,25+,26+,27-,28+,29-/m0/s1. The minimum Gasteiger partial charge on any atom is -0.390 e. The van der Waals surface area contributed by atoms with Crippen LogP contribution in [-0.2, 0) is 6.54 Å². The Kier molecular flexibility index (Phi) is 5.44. The number of fused-ring (bicyclic) bond motifs is 5. The molecule has 5 aliphatic rings. The summed E-state index contributed by atoms with van der Waals surface area (Å²) < 4.78 is 2.00. The minimum atomic E-state index is -0.329. The third kappa shape index (κ3) is 3.87. The molecular formula is C29H43N3O. The zero-order valence-corrected chi connectivity index (χ0v) is 20.8. The highest BCUT2D eigenvalue weighted by molar-refractivity contribution is 5.21. The quantitative estimate of drug-likeness (QED) is 0.583. The van der Waals surface area contributed by atoms with Crippen LogP contribution < -0.4 is 0 Å². The van der Waals surface area contributed by atoms with Gasteiger partial charge in [-0.3, -0.25) is 4.68 Å². The van der Waals surface area contributed by atoms with Crippen molar-refractivity contribution in [3.8, 4) is 6.07 Å². The number of rotatable bonds is 5. The van der Waals surface area contributed by atoms with Gasteiger partial charge in [0.25, 0.3) is 0 Å². The molecule has 5 saturated carbocycles. The molecule has 1 aromatic rings. The maximum Gasteiger partial charge on any atom is 0.102 e. The van der Waals surface area contributed by atoms with E-state index in [1.54, 1.807) is 6.20 Å². The van der Waals surface area contributed by atoms with Crippen molar-refractivity contribution in [1.82, 2.24) is 9.78 Å². The number of hydrogen-bond acceptors (Lipinski definition) is 3. The molecule has 4 nitrogen and oxygen atoms in total. The predicted molar refractivity (Wildman–Crippen MR) is 129 cm³/mol. The molecule has 5 aliphatic carbocycles. The molecular weight excluding hydrogens is 406 g/mol. The topological polar surface area (TPSA) is 61.8 Å². The van der Waals surface area contributed by atoms with E-state index in [0.717, 1.165) is 67.2 Å². The van der Waals surface area contributed by atoms with Crippen molar-refractivity contribution < 1.29 is 5.11 Å². The first-order valence-corrected chi connectivity index (χ1v) is 14.0. The number of hydrogen-bond donors (Lipinski definition) is 1. The lowest BCUT2D eigenvalue weighted by molar-refractivity contribution is -0.112. The largest absolute Gasteiger partial charge is 0.390 e. The Morgan fingerprint density at radius 1 is 1.09 bits per heavy atom. The van der Waals surface area contributed by atoms with E-state index >= 15 is 0 Å². The first-order chi connectivity index (χ1) is 15.9. The monoisotopic (exact) mass is 449 g/mol. The molecule has 6 rings (SSSR count). The van der Waals surface area contributed by atoms with Crippen LogP contribution in [0.15, 0.2) is 12.4 Å². The number of aromatic nitrogens is 2. The minimum absolute atomic E-state index is 0.329. The lowest BCUT2D eigenvalue weighted by atomic mass is 9.48. The molecule has 5 fully saturated rings. The molecule has 1 heterocycles. The lowest BCUT2D eigenvalue weighted by Crippen LogP contribution is -2.51. The molecule has 33 heavy (non-hydrogen) atoms. The zero-order chi connectivity index (χ0) is 22.8. The van der Waals surface area contributed by atoms with E-state index in [4.69, 9.17) is 5.26 Å². The molecule has 0 spiro atoms. The van der Waals surface area contributed by atoms with E-state index in [9.17, 15) is 5.11 Å². The Bertz CT molecular complexity index is 914. The van der Waals surface area contributed by atoms with E-state index in [-0.39, 0.29) is 5.60 Å². The SMILES string of the molecule is C[C@@H](Cn1cc(C#N)cn1)[C@H]1CC[C@H]2[C@@H]3CC[C@@H]4C[C@@](O)(CC5CC5)CC[C@@H]4[C@H]3CC[C@]12C. The van der Waals surface area contributed by atoms with Crippen LogP contribution in [0.3, 0.4) is 0 Å². The van der Waals surface area contributed by atoms with Crippen molar-refractivity contribution in [3.05, 3.63) is 18.0 Å². The van der Waals surface area contributed by atoms with E-state index in [2.05, 4.69) is 25.0 Å². The van der Waals surface area contributed by atoms with Crippen LogP contribution in [0.25, 0.3) is 0 Å². The van der Waals surface area contributed by atoms with Gasteiger partial charge in [-0.15, -0.1) is 0 Å². The molecule has 0 aromatic carbocycles. The number of nitrogens with zero attached hydrogens (tertiary/aromatic N) is 3. The maximum absolute atomic E-state index is 11.3. The Morgan fingerprint density at radius 2 is 1.91 bits per heavy atom. The number of nitriles is 1. The number of aliphatic hydroxyl groups is 1. The summed E-state index contributed by atoms with van der Waals surface area (Å²) in [6, 6.07) is 2.21. The van der Waals surface area contributed by atoms with Gasteiger partial charge in [-0.2, -0.15) is 10.4 Å². The van der Waals surface area contributed by atoms with Gasteiger partial charge >= 0.3 is 0 Å². The Balaban J connectivity index is 1.13. The average Bonchev–Trinajstić information content (AvgIpc) is 3.34. The van der Waals surface area contributed by atoms with Gasteiger partial charge in [0, 0.05) is 12.7 Å². The molecule has 1 N–H and O–H groups in total. The molecule has 4 heteroatoms. The highest BCUT2D eigenvalue weighted by Crippen LogP contribution is 2.66. The van der Waals surface area contributed by atoms with E-state index in [0.29, 0.717) is 16.9 Å².